The Morgan fingerprint density at radius 1 is 1.47 bits per heavy atom. The summed E-state index contributed by atoms with van der Waals surface area (Å²) < 4.78 is 1.63. The van der Waals surface area contributed by atoms with E-state index in [4.69, 9.17) is 5.26 Å². The molecule has 1 aromatic carbocycles. The molecule has 0 atom stereocenters. The summed E-state index contributed by atoms with van der Waals surface area (Å²) in [6.07, 6.45) is 5.50. The third kappa shape index (κ3) is 2.26. The first-order valence-electron chi connectivity index (χ1n) is 5.37. The van der Waals surface area contributed by atoms with E-state index in [9.17, 15) is 0 Å². The lowest BCUT2D eigenvalue weighted by Crippen LogP contribution is -1.94. The summed E-state index contributed by atoms with van der Waals surface area (Å²) in [5.74, 6) is 0. The highest BCUT2D eigenvalue weighted by Gasteiger charge is 2.03. The number of hydrogen-bond acceptors (Lipinski definition) is 2. The van der Waals surface area contributed by atoms with E-state index in [1.165, 1.54) is 5.56 Å². The van der Waals surface area contributed by atoms with Crippen LogP contribution in [0.4, 0.5) is 0 Å². The molecule has 0 aliphatic rings. The lowest BCUT2D eigenvalue weighted by atomic mass is 10.0. The predicted octanol–water partition coefficient (Wildman–Crippen LogP) is 3.03. The second kappa shape index (κ2) is 4.67. The van der Waals surface area contributed by atoms with Crippen LogP contribution in [-0.2, 0) is 6.54 Å². The highest BCUT2D eigenvalue weighted by molar-refractivity contribution is 5.66. The van der Waals surface area contributed by atoms with Gasteiger partial charge in [-0.1, -0.05) is 30.9 Å². The van der Waals surface area contributed by atoms with Gasteiger partial charge in [-0.25, -0.2) is 0 Å². The summed E-state index contributed by atoms with van der Waals surface area (Å²) in [6, 6.07) is 8.25. The molecule has 0 saturated carbocycles. The second-order valence-corrected chi connectivity index (χ2v) is 3.86. The van der Waals surface area contributed by atoms with Gasteiger partial charge in [-0.05, 0) is 23.6 Å². The molecule has 0 saturated heterocycles. The fourth-order valence-corrected chi connectivity index (χ4v) is 1.76. The number of aromatic nitrogens is 2. The molecule has 0 aliphatic heterocycles. The van der Waals surface area contributed by atoms with E-state index in [1.807, 2.05) is 24.4 Å². The van der Waals surface area contributed by atoms with Crippen molar-refractivity contribution in [3.05, 3.63) is 48.3 Å². The minimum atomic E-state index is 0.281. The summed E-state index contributed by atoms with van der Waals surface area (Å²) in [5.41, 5.74) is 4.46. The quantitative estimate of drug-likeness (QED) is 0.802. The highest BCUT2D eigenvalue weighted by Crippen LogP contribution is 2.22. The van der Waals surface area contributed by atoms with Gasteiger partial charge >= 0.3 is 0 Å². The molecule has 2 aromatic rings. The molecule has 0 amide bonds. The predicted molar refractivity (Wildman–Crippen MR) is 68.1 cm³/mol. The third-order valence-electron chi connectivity index (χ3n) is 2.69. The standard InChI is InChI=1S/C14H13N3/c1-3-12-4-5-13(8-11(12)2)14-9-16-17(10-14)7-6-15/h3-5,8-10H,1,7H2,2H3. The summed E-state index contributed by atoms with van der Waals surface area (Å²) in [7, 11) is 0. The monoisotopic (exact) mass is 223 g/mol. The van der Waals surface area contributed by atoms with E-state index in [-0.39, 0.29) is 6.54 Å². The minimum absolute atomic E-state index is 0.281. The van der Waals surface area contributed by atoms with Crippen LogP contribution in [0, 0.1) is 18.3 Å². The Morgan fingerprint density at radius 2 is 2.29 bits per heavy atom. The van der Waals surface area contributed by atoms with E-state index in [0.29, 0.717) is 0 Å². The van der Waals surface area contributed by atoms with E-state index >= 15 is 0 Å². The van der Waals surface area contributed by atoms with Gasteiger partial charge in [0, 0.05) is 11.8 Å². The third-order valence-corrected chi connectivity index (χ3v) is 2.69. The number of rotatable bonds is 3. The first kappa shape index (κ1) is 11.2. The Hall–Kier alpha value is -2.34. The minimum Gasteiger partial charge on any atom is -0.258 e. The number of nitrogens with zero attached hydrogens (tertiary/aromatic N) is 3. The van der Waals surface area contributed by atoms with E-state index in [1.54, 1.807) is 10.9 Å². The molecule has 0 spiro atoms. The molecule has 0 aliphatic carbocycles. The van der Waals surface area contributed by atoms with E-state index in [0.717, 1.165) is 16.7 Å². The van der Waals surface area contributed by atoms with Crippen LogP contribution < -0.4 is 0 Å². The smallest absolute Gasteiger partial charge is 0.128 e. The topological polar surface area (TPSA) is 41.6 Å². The molecule has 0 N–H and O–H groups in total. The zero-order valence-electron chi connectivity index (χ0n) is 9.72. The maximum absolute atomic E-state index is 8.59. The van der Waals surface area contributed by atoms with Crippen molar-refractivity contribution in [1.82, 2.24) is 9.78 Å². The normalized spacial score (nSPS) is 9.88. The Labute approximate surface area is 101 Å². The Balaban J connectivity index is 2.36. The van der Waals surface area contributed by atoms with Gasteiger partial charge in [0.25, 0.3) is 0 Å². The van der Waals surface area contributed by atoms with Crippen LogP contribution >= 0.6 is 0 Å². The van der Waals surface area contributed by atoms with Gasteiger partial charge in [-0.15, -0.1) is 0 Å². The average molecular weight is 223 g/mol. The van der Waals surface area contributed by atoms with Gasteiger partial charge in [-0.2, -0.15) is 10.4 Å². The number of hydrogen-bond donors (Lipinski definition) is 0. The maximum atomic E-state index is 8.59. The first-order valence-corrected chi connectivity index (χ1v) is 5.37. The van der Waals surface area contributed by atoms with Crippen molar-refractivity contribution in [3.63, 3.8) is 0 Å². The number of nitriles is 1. The Morgan fingerprint density at radius 3 is 2.94 bits per heavy atom. The highest BCUT2D eigenvalue weighted by atomic mass is 15.3. The van der Waals surface area contributed by atoms with Crippen LogP contribution in [0.2, 0.25) is 0 Å². The molecule has 2 rings (SSSR count). The molecule has 0 radical (unpaired) electrons. The molecule has 1 heterocycles. The lowest BCUT2D eigenvalue weighted by molar-refractivity contribution is 0.710. The van der Waals surface area contributed by atoms with E-state index in [2.05, 4.69) is 30.7 Å². The number of aryl methyl sites for hydroxylation is 1. The van der Waals surface area contributed by atoms with Crippen molar-refractivity contribution in [2.45, 2.75) is 13.5 Å². The Kier molecular flexibility index (Phi) is 3.06. The Bertz CT molecular complexity index is 588. The molecule has 3 heteroatoms. The van der Waals surface area contributed by atoms with Gasteiger partial charge in [0.15, 0.2) is 0 Å². The molecule has 1 aromatic heterocycles. The average Bonchev–Trinajstić information content (AvgIpc) is 2.78. The summed E-state index contributed by atoms with van der Waals surface area (Å²) in [4.78, 5) is 0. The number of benzene rings is 1. The van der Waals surface area contributed by atoms with Gasteiger partial charge < -0.3 is 0 Å². The molecular weight excluding hydrogens is 210 g/mol. The fraction of sp³-hybridized carbons (Fsp3) is 0.143. The van der Waals surface area contributed by atoms with Crippen molar-refractivity contribution in [2.24, 2.45) is 0 Å². The van der Waals surface area contributed by atoms with Gasteiger partial charge in [0.1, 0.15) is 6.54 Å². The molecule has 0 unspecified atom stereocenters. The largest absolute Gasteiger partial charge is 0.258 e. The zero-order chi connectivity index (χ0) is 12.3. The van der Waals surface area contributed by atoms with Gasteiger partial charge in [-0.3, -0.25) is 4.68 Å². The van der Waals surface area contributed by atoms with Crippen molar-refractivity contribution in [1.29, 1.82) is 5.26 Å². The second-order valence-electron chi connectivity index (χ2n) is 3.86. The molecule has 17 heavy (non-hydrogen) atoms. The maximum Gasteiger partial charge on any atom is 0.128 e. The van der Waals surface area contributed by atoms with Crippen LogP contribution in [0.1, 0.15) is 11.1 Å². The van der Waals surface area contributed by atoms with Crippen molar-refractivity contribution in [3.8, 4) is 17.2 Å². The summed E-state index contributed by atoms with van der Waals surface area (Å²) in [5, 5.41) is 12.7. The molecular formula is C14H13N3. The molecule has 84 valence electrons. The van der Waals surface area contributed by atoms with Crippen LogP contribution in [0.15, 0.2) is 37.2 Å². The van der Waals surface area contributed by atoms with Gasteiger partial charge in [0.05, 0.1) is 12.3 Å². The van der Waals surface area contributed by atoms with Gasteiger partial charge in [0.2, 0.25) is 0 Å². The first-order chi connectivity index (χ1) is 8.24. The van der Waals surface area contributed by atoms with Crippen LogP contribution in [0.25, 0.3) is 17.2 Å². The molecule has 0 bridgehead atoms. The van der Waals surface area contributed by atoms with Crippen LogP contribution in [0.5, 0.6) is 0 Å². The summed E-state index contributed by atoms with van der Waals surface area (Å²) >= 11 is 0. The summed E-state index contributed by atoms with van der Waals surface area (Å²) in [6.45, 7) is 6.11. The molecule has 0 fully saturated rings. The van der Waals surface area contributed by atoms with Crippen molar-refractivity contribution in [2.75, 3.05) is 0 Å². The lowest BCUT2D eigenvalue weighted by Gasteiger charge is -2.03. The van der Waals surface area contributed by atoms with Crippen molar-refractivity contribution < 1.29 is 0 Å². The zero-order valence-corrected chi connectivity index (χ0v) is 9.72. The van der Waals surface area contributed by atoms with Crippen LogP contribution in [0.3, 0.4) is 0 Å². The van der Waals surface area contributed by atoms with E-state index < -0.39 is 0 Å². The van der Waals surface area contributed by atoms with Crippen molar-refractivity contribution >= 4 is 6.08 Å². The SMILES string of the molecule is C=Cc1ccc(-c2cnn(CC#N)c2)cc1C. The fourth-order valence-electron chi connectivity index (χ4n) is 1.76. The van der Waals surface area contributed by atoms with Crippen LogP contribution in [-0.4, -0.2) is 9.78 Å². The molecule has 3 nitrogen and oxygen atoms in total.